The van der Waals surface area contributed by atoms with E-state index >= 15 is 0 Å². The summed E-state index contributed by atoms with van der Waals surface area (Å²) in [4.78, 5) is 4.67. The lowest BCUT2D eigenvalue weighted by molar-refractivity contribution is 0.222. The Kier molecular flexibility index (Phi) is 9.12. The van der Waals surface area contributed by atoms with Crippen molar-refractivity contribution in [3.05, 3.63) is 47.5 Å². The number of benzene rings is 2. The Labute approximate surface area is 179 Å². The molecule has 2 N–H and O–H groups in total. The van der Waals surface area contributed by atoms with Crippen molar-refractivity contribution >= 4 is 5.96 Å². The van der Waals surface area contributed by atoms with Crippen LogP contribution in [0.2, 0.25) is 0 Å². The number of aryl methyl sites for hydroxylation is 1. The average Bonchev–Trinajstić information content (AvgIpc) is 2.76. The highest BCUT2D eigenvalue weighted by Crippen LogP contribution is 2.38. The Morgan fingerprint density at radius 1 is 0.967 bits per heavy atom. The smallest absolute Gasteiger partial charge is 0.203 e. The fraction of sp³-hybridized carbons (Fsp3) is 0.435. The molecule has 7 nitrogen and oxygen atoms in total. The van der Waals surface area contributed by atoms with E-state index in [0.717, 1.165) is 23.4 Å². The van der Waals surface area contributed by atoms with E-state index in [2.05, 4.69) is 15.6 Å². The van der Waals surface area contributed by atoms with E-state index in [1.807, 2.05) is 57.2 Å². The molecule has 0 amide bonds. The summed E-state index contributed by atoms with van der Waals surface area (Å²) in [6, 6.07) is 11.8. The van der Waals surface area contributed by atoms with Gasteiger partial charge in [-0.15, -0.1) is 0 Å². The third-order valence-corrected chi connectivity index (χ3v) is 4.47. The van der Waals surface area contributed by atoms with Crippen LogP contribution in [-0.4, -0.2) is 46.5 Å². The van der Waals surface area contributed by atoms with E-state index in [1.54, 1.807) is 21.3 Å². The van der Waals surface area contributed by atoms with Crippen LogP contribution in [0, 0.1) is 6.92 Å². The van der Waals surface area contributed by atoms with Crippen molar-refractivity contribution in [1.82, 2.24) is 10.6 Å². The van der Waals surface area contributed by atoms with Gasteiger partial charge in [-0.25, -0.2) is 4.99 Å². The van der Waals surface area contributed by atoms with E-state index in [1.165, 1.54) is 0 Å². The van der Waals surface area contributed by atoms with Crippen LogP contribution in [0.25, 0.3) is 0 Å². The highest BCUT2D eigenvalue weighted by molar-refractivity contribution is 5.79. The maximum atomic E-state index is 6.03. The Morgan fingerprint density at radius 2 is 1.63 bits per heavy atom. The first-order valence-electron chi connectivity index (χ1n) is 10.1. The molecular weight excluding hydrogens is 382 g/mol. The van der Waals surface area contributed by atoms with Crippen molar-refractivity contribution in [2.24, 2.45) is 4.99 Å². The van der Waals surface area contributed by atoms with Gasteiger partial charge < -0.3 is 29.6 Å². The molecule has 0 saturated carbocycles. The van der Waals surface area contributed by atoms with Gasteiger partial charge in [-0.1, -0.05) is 18.2 Å². The average molecular weight is 416 g/mol. The van der Waals surface area contributed by atoms with Gasteiger partial charge in [-0.05, 0) is 50.1 Å². The molecule has 30 heavy (non-hydrogen) atoms. The predicted octanol–water partition coefficient (Wildman–Crippen LogP) is 3.54. The van der Waals surface area contributed by atoms with Crippen LogP contribution in [0.4, 0.5) is 0 Å². The van der Waals surface area contributed by atoms with Gasteiger partial charge >= 0.3 is 0 Å². The molecule has 1 unspecified atom stereocenters. The summed E-state index contributed by atoms with van der Waals surface area (Å²) in [6.07, 6.45) is -0.0175. The van der Waals surface area contributed by atoms with Gasteiger partial charge in [0.15, 0.2) is 17.5 Å². The van der Waals surface area contributed by atoms with Crippen molar-refractivity contribution in [1.29, 1.82) is 0 Å². The molecule has 0 saturated heterocycles. The summed E-state index contributed by atoms with van der Waals surface area (Å²) in [7, 11) is 4.79. The second-order valence-electron chi connectivity index (χ2n) is 6.80. The lowest BCUT2D eigenvalue weighted by Crippen LogP contribution is -2.41. The van der Waals surface area contributed by atoms with Gasteiger partial charge in [0.1, 0.15) is 11.9 Å². The van der Waals surface area contributed by atoms with Crippen LogP contribution in [0.1, 0.15) is 25.0 Å². The molecule has 7 heteroatoms. The summed E-state index contributed by atoms with van der Waals surface area (Å²) < 4.78 is 22.2. The van der Waals surface area contributed by atoms with Crippen LogP contribution >= 0.6 is 0 Å². The number of para-hydroxylation sites is 1. The minimum absolute atomic E-state index is 0.0175. The lowest BCUT2D eigenvalue weighted by Gasteiger charge is -2.19. The second-order valence-corrected chi connectivity index (χ2v) is 6.80. The van der Waals surface area contributed by atoms with Crippen LogP contribution in [0.3, 0.4) is 0 Å². The van der Waals surface area contributed by atoms with Crippen molar-refractivity contribution in [2.75, 3.05) is 34.4 Å². The molecule has 2 aromatic carbocycles. The van der Waals surface area contributed by atoms with E-state index in [-0.39, 0.29) is 6.10 Å². The van der Waals surface area contributed by atoms with Gasteiger partial charge in [-0.2, -0.15) is 0 Å². The van der Waals surface area contributed by atoms with Crippen LogP contribution in [0.5, 0.6) is 23.0 Å². The normalized spacial score (nSPS) is 12.1. The van der Waals surface area contributed by atoms with E-state index in [9.17, 15) is 0 Å². The molecule has 0 aliphatic carbocycles. The first-order chi connectivity index (χ1) is 14.5. The van der Waals surface area contributed by atoms with Crippen LogP contribution in [-0.2, 0) is 6.54 Å². The highest BCUT2D eigenvalue weighted by atomic mass is 16.5. The highest BCUT2D eigenvalue weighted by Gasteiger charge is 2.13. The van der Waals surface area contributed by atoms with Gasteiger partial charge in [0.25, 0.3) is 0 Å². The van der Waals surface area contributed by atoms with Gasteiger partial charge in [0.2, 0.25) is 5.75 Å². The lowest BCUT2D eigenvalue weighted by atomic mass is 10.2. The van der Waals surface area contributed by atoms with Crippen LogP contribution < -0.4 is 29.6 Å². The Hall–Kier alpha value is -3.09. The number of guanidine groups is 1. The Balaban J connectivity index is 2.04. The maximum Gasteiger partial charge on any atom is 0.203 e. The summed E-state index contributed by atoms with van der Waals surface area (Å²) in [5, 5.41) is 6.60. The third kappa shape index (κ3) is 6.47. The molecule has 0 aromatic heterocycles. The Bertz CT molecular complexity index is 814. The molecule has 2 aromatic rings. The largest absolute Gasteiger partial charge is 0.493 e. The number of nitrogens with zero attached hydrogens (tertiary/aromatic N) is 1. The molecule has 0 spiro atoms. The number of ether oxygens (including phenoxy) is 4. The third-order valence-electron chi connectivity index (χ3n) is 4.47. The minimum Gasteiger partial charge on any atom is -0.493 e. The number of methoxy groups -OCH3 is 3. The number of nitrogens with one attached hydrogen (secondary N) is 2. The van der Waals surface area contributed by atoms with Gasteiger partial charge in [0.05, 0.1) is 34.4 Å². The van der Waals surface area contributed by atoms with E-state index in [0.29, 0.717) is 36.3 Å². The van der Waals surface area contributed by atoms with Crippen LogP contribution in [0.15, 0.2) is 41.4 Å². The summed E-state index contributed by atoms with van der Waals surface area (Å²) in [6.45, 7) is 7.94. The fourth-order valence-corrected chi connectivity index (χ4v) is 2.93. The molecule has 0 radical (unpaired) electrons. The Morgan fingerprint density at radius 3 is 2.20 bits per heavy atom. The van der Waals surface area contributed by atoms with Gasteiger partial charge in [0, 0.05) is 6.54 Å². The first kappa shape index (κ1) is 23.2. The summed E-state index contributed by atoms with van der Waals surface area (Å²) in [5.41, 5.74) is 2.07. The zero-order valence-corrected chi connectivity index (χ0v) is 18.7. The molecule has 164 valence electrons. The number of hydrogen-bond donors (Lipinski definition) is 2. The monoisotopic (exact) mass is 415 g/mol. The van der Waals surface area contributed by atoms with Crippen molar-refractivity contribution in [2.45, 2.75) is 33.4 Å². The quantitative estimate of drug-likeness (QED) is 0.457. The van der Waals surface area contributed by atoms with Crippen molar-refractivity contribution in [3.63, 3.8) is 0 Å². The molecule has 1 atom stereocenters. The molecular formula is C23H33N3O4. The SMILES string of the molecule is CCNC(=NCc1cc(OC)c(OC)c(OC)c1)NCC(C)Oc1ccccc1C. The molecule has 0 aliphatic heterocycles. The zero-order chi connectivity index (χ0) is 21.9. The topological polar surface area (TPSA) is 73.3 Å². The molecule has 0 heterocycles. The standard InChI is InChI=1S/C23H33N3O4/c1-7-24-23(25-14-17(3)30-19-11-9-8-10-16(19)2)26-15-18-12-20(27-4)22(29-6)21(13-18)28-5/h8-13,17H,7,14-15H2,1-6H3,(H2,24,25,26). The number of rotatable bonds is 10. The molecule has 0 fully saturated rings. The van der Waals surface area contributed by atoms with Crippen molar-refractivity contribution < 1.29 is 18.9 Å². The number of hydrogen-bond acceptors (Lipinski definition) is 5. The molecule has 2 rings (SSSR count). The molecule has 0 bridgehead atoms. The van der Waals surface area contributed by atoms with Crippen molar-refractivity contribution in [3.8, 4) is 23.0 Å². The second kappa shape index (κ2) is 11.8. The molecule has 0 aliphatic rings. The fourth-order valence-electron chi connectivity index (χ4n) is 2.93. The summed E-state index contributed by atoms with van der Waals surface area (Å²) in [5.74, 6) is 3.40. The summed E-state index contributed by atoms with van der Waals surface area (Å²) >= 11 is 0. The zero-order valence-electron chi connectivity index (χ0n) is 18.7. The predicted molar refractivity (Wildman–Crippen MR) is 120 cm³/mol. The number of aliphatic imine (C=N–C) groups is 1. The maximum absolute atomic E-state index is 6.03. The first-order valence-corrected chi connectivity index (χ1v) is 10.1. The van der Waals surface area contributed by atoms with E-state index < -0.39 is 0 Å². The van der Waals surface area contributed by atoms with Gasteiger partial charge in [-0.3, -0.25) is 0 Å². The van der Waals surface area contributed by atoms with E-state index in [4.69, 9.17) is 18.9 Å². The minimum atomic E-state index is -0.0175.